The molecule has 0 aliphatic carbocycles. The van der Waals surface area contributed by atoms with Crippen LogP contribution in [0.2, 0.25) is 0 Å². The molecular weight excluding hydrogens is 238 g/mol. The third kappa shape index (κ3) is 4.36. The van der Waals surface area contributed by atoms with Gasteiger partial charge in [-0.1, -0.05) is 31.2 Å². The van der Waals surface area contributed by atoms with Crippen molar-refractivity contribution < 1.29 is 9.53 Å². The van der Waals surface area contributed by atoms with Gasteiger partial charge >= 0.3 is 0 Å². The van der Waals surface area contributed by atoms with E-state index in [2.05, 4.69) is 5.32 Å². The molecule has 17 heavy (non-hydrogen) atoms. The maximum atomic E-state index is 11.7. The summed E-state index contributed by atoms with van der Waals surface area (Å²) in [5.41, 5.74) is 1.81. The molecule has 1 aromatic carbocycles. The van der Waals surface area contributed by atoms with Gasteiger partial charge in [-0.25, -0.2) is 0 Å². The number of rotatable bonds is 6. The lowest BCUT2D eigenvalue weighted by atomic mass is 10.1. The van der Waals surface area contributed by atoms with Gasteiger partial charge in [-0.15, -0.1) is 11.6 Å². The van der Waals surface area contributed by atoms with Crippen LogP contribution in [0.25, 0.3) is 0 Å². The predicted octanol–water partition coefficient (Wildman–Crippen LogP) is 2.64. The molecule has 1 amide bonds. The molecule has 0 heterocycles. The Balaban J connectivity index is 2.70. The van der Waals surface area contributed by atoms with Gasteiger partial charge in [0.15, 0.2) is 0 Å². The molecule has 0 fully saturated rings. The molecule has 0 aromatic heterocycles. The summed E-state index contributed by atoms with van der Waals surface area (Å²) in [6, 6.07) is 7.57. The van der Waals surface area contributed by atoms with Crippen LogP contribution in [-0.4, -0.2) is 19.6 Å². The number of benzene rings is 1. The third-order valence-electron chi connectivity index (χ3n) is 2.33. The van der Waals surface area contributed by atoms with Crippen LogP contribution in [0.4, 0.5) is 0 Å². The van der Waals surface area contributed by atoms with Crippen molar-refractivity contribution in [1.29, 1.82) is 0 Å². The lowest BCUT2D eigenvalue weighted by Crippen LogP contribution is -2.27. The van der Waals surface area contributed by atoms with E-state index in [1.165, 1.54) is 0 Å². The highest BCUT2D eigenvalue weighted by atomic mass is 35.5. The van der Waals surface area contributed by atoms with E-state index >= 15 is 0 Å². The summed E-state index contributed by atoms with van der Waals surface area (Å²) >= 11 is 6.11. The maximum absolute atomic E-state index is 11.7. The number of ether oxygens (including phenoxy) is 1. The lowest BCUT2D eigenvalue weighted by Gasteiger charge is -2.11. The summed E-state index contributed by atoms with van der Waals surface area (Å²) in [4.78, 5) is 11.7. The van der Waals surface area contributed by atoms with Gasteiger partial charge in [0.25, 0.3) is 0 Å². The molecule has 1 rings (SSSR count). The SMILES string of the molecule is CCCNC(=O)C(Cl)c1cccc(COC)c1. The normalized spacial score (nSPS) is 12.2. The van der Waals surface area contributed by atoms with E-state index in [0.29, 0.717) is 13.2 Å². The number of carbonyl (C=O) groups excluding carboxylic acids is 1. The molecule has 1 N–H and O–H groups in total. The topological polar surface area (TPSA) is 38.3 Å². The van der Waals surface area contributed by atoms with Crippen molar-refractivity contribution in [2.45, 2.75) is 25.3 Å². The molecule has 3 nitrogen and oxygen atoms in total. The molecule has 1 atom stereocenters. The van der Waals surface area contributed by atoms with Crippen molar-refractivity contribution in [2.75, 3.05) is 13.7 Å². The van der Waals surface area contributed by atoms with E-state index in [9.17, 15) is 4.79 Å². The van der Waals surface area contributed by atoms with Crippen molar-refractivity contribution in [3.63, 3.8) is 0 Å². The number of nitrogens with one attached hydrogen (secondary N) is 1. The Morgan fingerprint density at radius 1 is 1.53 bits per heavy atom. The van der Waals surface area contributed by atoms with E-state index in [1.54, 1.807) is 7.11 Å². The van der Waals surface area contributed by atoms with E-state index in [1.807, 2.05) is 31.2 Å². The zero-order valence-electron chi connectivity index (χ0n) is 10.2. The second kappa shape index (κ2) is 7.30. The minimum atomic E-state index is -0.640. The summed E-state index contributed by atoms with van der Waals surface area (Å²) in [5.74, 6) is -0.150. The molecule has 0 radical (unpaired) electrons. The number of methoxy groups -OCH3 is 1. The number of carbonyl (C=O) groups is 1. The van der Waals surface area contributed by atoms with Crippen molar-refractivity contribution in [1.82, 2.24) is 5.32 Å². The van der Waals surface area contributed by atoms with Gasteiger partial charge < -0.3 is 10.1 Å². The van der Waals surface area contributed by atoms with Gasteiger partial charge in [-0.2, -0.15) is 0 Å². The summed E-state index contributed by atoms with van der Waals surface area (Å²) in [6.07, 6.45) is 0.902. The van der Waals surface area contributed by atoms with Crippen LogP contribution in [0.1, 0.15) is 29.8 Å². The average Bonchev–Trinajstić information content (AvgIpc) is 2.35. The second-order valence-electron chi connectivity index (χ2n) is 3.83. The van der Waals surface area contributed by atoms with E-state index in [0.717, 1.165) is 17.5 Å². The van der Waals surface area contributed by atoms with Crippen molar-refractivity contribution in [3.05, 3.63) is 35.4 Å². The summed E-state index contributed by atoms with van der Waals surface area (Å²) < 4.78 is 5.04. The van der Waals surface area contributed by atoms with Gasteiger partial charge in [-0.3, -0.25) is 4.79 Å². The summed E-state index contributed by atoms with van der Waals surface area (Å²) in [6.45, 7) is 3.18. The van der Waals surface area contributed by atoms with Gasteiger partial charge in [0.1, 0.15) is 5.38 Å². The molecular formula is C13H18ClNO2. The molecule has 1 aromatic rings. The minimum absolute atomic E-state index is 0.150. The zero-order chi connectivity index (χ0) is 12.7. The van der Waals surface area contributed by atoms with Crippen LogP contribution < -0.4 is 5.32 Å². The number of alkyl halides is 1. The van der Waals surface area contributed by atoms with Crippen LogP contribution in [0.15, 0.2) is 24.3 Å². The number of hydrogen-bond donors (Lipinski definition) is 1. The first-order chi connectivity index (χ1) is 8.19. The van der Waals surface area contributed by atoms with Crippen LogP contribution in [0, 0.1) is 0 Å². The van der Waals surface area contributed by atoms with Gasteiger partial charge in [0, 0.05) is 13.7 Å². The highest BCUT2D eigenvalue weighted by molar-refractivity contribution is 6.30. The van der Waals surface area contributed by atoms with Crippen LogP contribution in [-0.2, 0) is 16.1 Å². The lowest BCUT2D eigenvalue weighted by molar-refractivity contribution is -0.120. The first-order valence-corrected chi connectivity index (χ1v) is 6.12. The second-order valence-corrected chi connectivity index (χ2v) is 4.27. The Bertz CT molecular complexity index is 368. The molecule has 0 aliphatic rings. The largest absolute Gasteiger partial charge is 0.380 e. The van der Waals surface area contributed by atoms with Crippen LogP contribution in [0.3, 0.4) is 0 Å². The number of amides is 1. The first kappa shape index (κ1) is 14.0. The minimum Gasteiger partial charge on any atom is -0.380 e. The molecule has 1 unspecified atom stereocenters. The zero-order valence-corrected chi connectivity index (χ0v) is 11.0. The molecule has 0 saturated carbocycles. The maximum Gasteiger partial charge on any atom is 0.242 e. The monoisotopic (exact) mass is 255 g/mol. The Morgan fingerprint density at radius 3 is 2.94 bits per heavy atom. The van der Waals surface area contributed by atoms with E-state index in [4.69, 9.17) is 16.3 Å². The van der Waals surface area contributed by atoms with Crippen molar-refractivity contribution in [2.24, 2.45) is 0 Å². The Labute approximate surface area is 107 Å². The quantitative estimate of drug-likeness (QED) is 0.794. The van der Waals surface area contributed by atoms with E-state index < -0.39 is 5.38 Å². The molecule has 4 heteroatoms. The van der Waals surface area contributed by atoms with Crippen LogP contribution >= 0.6 is 11.6 Å². The molecule has 94 valence electrons. The van der Waals surface area contributed by atoms with Gasteiger partial charge in [0.2, 0.25) is 5.91 Å². The smallest absolute Gasteiger partial charge is 0.242 e. The summed E-state index contributed by atoms with van der Waals surface area (Å²) in [5, 5.41) is 2.14. The Kier molecular flexibility index (Phi) is 6.01. The first-order valence-electron chi connectivity index (χ1n) is 5.68. The average molecular weight is 256 g/mol. The fourth-order valence-corrected chi connectivity index (χ4v) is 1.71. The predicted molar refractivity (Wildman–Crippen MR) is 69.0 cm³/mol. The van der Waals surface area contributed by atoms with Crippen molar-refractivity contribution in [3.8, 4) is 0 Å². The standard InChI is InChI=1S/C13H18ClNO2/c1-3-7-15-13(16)12(14)11-6-4-5-10(8-11)9-17-2/h4-6,8,12H,3,7,9H2,1-2H3,(H,15,16). The highest BCUT2D eigenvalue weighted by Gasteiger charge is 2.16. The molecule has 0 aliphatic heterocycles. The number of hydrogen-bond acceptors (Lipinski definition) is 2. The molecule has 0 bridgehead atoms. The third-order valence-corrected chi connectivity index (χ3v) is 2.78. The summed E-state index contributed by atoms with van der Waals surface area (Å²) in [7, 11) is 1.64. The molecule has 0 saturated heterocycles. The fourth-order valence-electron chi connectivity index (χ4n) is 1.50. The van der Waals surface area contributed by atoms with Crippen LogP contribution in [0.5, 0.6) is 0 Å². The van der Waals surface area contributed by atoms with Gasteiger partial charge in [0.05, 0.1) is 6.61 Å². The van der Waals surface area contributed by atoms with E-state index in [-0.39, 0.29) is 5.91 Å². The Hall–Kier alpha value is -1.06. The van der Waals surface area contributed by atoms with Crippen molar-refractivity contribution >= 4 is 17.5 Å². The van der Waals surface area contributed by atoms with Gasteiger partial charge in [-0.05, 0) is 17.5 Å². The molecule has 0 spiro atoms. The Morgan fingerprint density at radius 2 is 2.29 bits per heavy atom. The highest BCUT2D eigenvalue weighted by Crippen LogP contribution is 2.21. The number of halogens is 1. The fraction of sp³-hybridized carbons (Fsp3) is 0.462.